The monoisotopic (exact) mass is 291 g/mol. The summed E-state index contributed by atoms with van der Waals surface area (Å²) in [6.07, 6.45) is 3.55. The Morgan fingerprint density at radius 2 is 2.33 bits per heavy atom. The standard InChI is InChI=1S/C14H17N3O4/c1-2-14-15-6-7-16(14)9-12(18)10-21-13-5-3-4-11(8-13)17(19)20/h3-8,12,18H,2,9-10H2,1H3. The Balaban J connectivity index is 1.90. The van der Waals surface area contributed by atoms with Gasteiger partial charge in [-0.05, 0) is 6.07 Å². The minimum atomic E-state index is -0.719. The average molecular weight is 291 g/mol. The fourth-order valence-electron chi connectivity index (χ4n) is 1.98. The molecule has 0 saturated carbocycles. The molecule has 0 radical (unpaired) electrons. The van der Waals surface area contributed by atoms with E-state index in [4.69, 9.17) is 4.74 Å². The van der Waals surface area contributed by atoms with E-state index in [1.807, 2.05) is 11.5 Å². The van der Waals surface area contributed by atoms with Crippen LogP contribution in [-0.2, 0) is 13.0 Å². The van der Waals surface area contributed by atoms with E-state index < -0.39 is 11.0 Å². The molecule has 1 N–H and O–H groups in total. The van der Waals surface area contributed by atoms with E-state index in [-0.39, 0.29) is 12.3 Å². The van der Waals surface area contributed by atoms with Gasteiger partial charge in [-0.25, -0.2) is 4.98 Å². The number of benzene rings is 1. The lowest BCUT2D eigenvalue weighted by molar-refractivity contribution is -0.384. The molecule has 7 heteroatoms. The maximum atomic E-state index is 10.7. The number of nitro benzene ring substituents is 1. The highest BCUT2D eigenvalue weighted by atomic mass is 16.6. The van der Waals surface area contributed by atoms with Gasteiger partial charge in [-0.15, -0.1) is 0 Å². The van der Waals surface area contributed by atoms with Crippen molar-refractivity contribution in [3.05, 3.63) is 52.6 Å². The van der Waals surface area contributed by atoms with Crippen molar-refractivity contribution < 1.29 is 14.8 Å². The second kappa shape index (κ2) is 6.85. The third-order valence-corrected chi connectivity index (χ3v) is 3.00. The van der Waals surface area contributed by atoms with Crippen LogP contribution in [0.4, 0.5) is 5.69 Å². The van der Waals surface area contributed by atoms with Crippen LogP contribution in [-0.4, -0.2) is 32.3 Å². The molecule has 0 saturated heterocycles. The number of nitrogens with zero attached hydrogens (tertiary/aromatic N) is 3. The van der Waals surface area contributed by atoms with Gasteiger partial charge in [0.15, 0.2) is 0 Å². The minimum absolute atomic E-state index is 0.0372. The number of ether oxygens (including phenoxy) is 1. The molecule has 0 bridgehead atoms. The average Bonchev–Trinajstić information content (AvgIpc) is 2.92. The van der Waals surface area contributed by atoms with E-state index in [2.05, 4.69) is 4.98 Å². The summed E-state index contributed by atoms with van der Waals surface area (Å²) in [6, 6.07) is 5.89. The van der Waals surface area contributed by atoms with Gasteiger partial charge in [0, 0.05) is 24.9 Å². The number of aryl methyl sites for hydroxylation is 1. The second-order valence-corrected chi connectivity index (χ2v) is 4.57. The number of hydrogen-bond acceptors (Lipinski definition) is 5. The van der Waals surface area contributed by atoms with Crippen molar-refractivity contribution in [3.63, 3.8) is 0 Å². The van der Waals surface area contributed by atoms with Gasteiger partial charge in [-0.2, -0.15) is 0 Å². The van der Waals surface area contributed by atoms with Crippen molar-refractivity contribution in [2.45, 2.75) is 26.0 Å². The number of aliphatic hydroxyl groups is 1. The van der Waals surface area contributed by atoms with Crippen LogP contribution in [0, 0.1) is 10.1 Å². The van der Waals surface area contributed by atoms with Crippen molar-refractivity contribution in [3.8, 4) is 5.75 Å². The lowest BCUT2D eigenvalue weighted by Crippen LogP contribution is -2.24. The summed E-state index contributed by atoms with van der Waals surface area (Å²) in [6.45, 7) is 2.42. The van der Waals surface area contributed by atoms with Crippen LogP contribution in [0.1, 0.15) is 12.7 Å². The van der Waals surface area contributed by atoms with Crippen LogP contribution in [0.15, 0.2) is 36.7 Å². The predicted molar refractivity (Wildman–Crippen MR) is 76.2 cm³/mol. The second-order valence-electron chi connectivity index (χ2n) is 4.57. The molecule has 2 rings (SSSR count). The Morgan fingerprint density at radius 1 is 1.52 bits per heavy atom. The Kier molecular flexibility index (Phi) is 4.89. The van der Waals surface area contributed by atoms with Crippen molar-refractivity contribution >= 4 is 5.69 Å². The van der Waals surface area contributed by atoms with Crippen molar-refractivity contribution in [2.24, 2.45) is 0 Å². The zero-order chi connectivity index (χ0) is 15.2. The van der Waals surface area contributed by atoms with E-state index in [0.717, 1.165) is 12.2 Å². The van der Waals surface area contributed by atoms with Crippen LogP contribution in [0.5, 0.6) is 5.75 Å². The Morgan fingerprint density at radius 3 is 3.05 bits per heavy atom. The summed E-state index contributed by atoms with van der Waals surface area (Å²) in [7, 11) is 0. The highest BCUT2D eigenvalue weighted by Crippen LogP contribution is 2.19. The van der Waals surface area contributed by atoms with E-state index in [9.17, 15) is 15.2 Å². The maximum Gasteiger partial charge on any atom is 0.273 e. The zero-order valence-corrected chi connectivity index (χ0v) is 11.7. The molecule has 1 heterocycles. The lowest BCUT2D eigenvalue weighted by atomic mass is 10.3. The Bertz CT molecular complexity index is 612. The molecule has 21 heavy (non-hydrogen) atoms. The number of aliphatic hydroxyl groups excluding tert-OH is 1. The molecule has 0 aliphatic carbocycles. The van der Waals surface area contributed by atoms with Crippen LogP contribution in [0.3, 0.4) is 0 Å². The largest absolute Gasteiger partial charge is 0.491 e. The summed E-state index contributed by atoms with van der Waals surface area (Å²) in [5.41, 5.74) is -0.0372. The van der Waals surface area contributed by atoms with Gasteiger partial charge in [0.1, 0.15) is 24.3 Å². The third-order valence-electron chi connectivity index (χ3n) is 3.00. The number of aromatic nitrogens is 2. The molecule has 0 amide bonds. The van der Waals surface area contributed by atoms with Crippen molar-refractivity contribution in [1.29, 1.82) is 0 Å². The molecule has 0 aliphatic heterocycles. The summed E-state index contributed by atoms with van der Waals surface area (Å²) in [5.74, 6) is 1.26. The molecule has 112 valence electrons. The molecular formula is C14H17N3O4. The first-order valence-electron chi connectivity index (χ1n) is 6.65. The molecule has 2 aromatic rings. The summed E-state index contributed by atoms with van der Waals surface area (Å²) in [4.78, 5) is 14.4. The Labute approximate surface area is 122 Å². The van der Waals surface area contributed by atoms with Crippen molar-refractivity contribution in [1.82, 2.24) is 9.55 Å². The number of hydrogen-bond donors (Lipinski definition) is 1. The summed E-state index contributed by atoms with van der Waals surface area (Å²) >= 11 is 0. The number of rotatable bonds is 7. The van der Waals surface area contributed by atoms with Crippen molar-refractivity contribution in [2.75, 3.05) is 6.61 Å². The predicted octanol–water partition coefficient (Wildman–Crippen LogP) is 1.79. The van der Waals surface area contributed by atoms with Gasteiger partial charge >= 0.3 is 0 Å². The summed E-state index contributed by atoms with van der Waals surface area (Å²) < 4.78 is 7.26. The molecule has 7 nitrogen and oxygen atoms in total. The first-order chi connectivity index (χ1) is 10.1. The quantitative estimate of drug-likeness (QED) is 0.620. The van der Waals surface area contributed by atoms with Gasteiger partial charge in [0.25, 0.3) is 5.69 Å². The fourth-order valence-corrected chi connectivity index (χ4v) is 1.98. The number of imidazole rings is 1. The van der Waals surface area contributed by atoms with Crippen LogP contribution in [0.2, 0.25) is 0 Å². The lowest BCUT2D eigenvalue weighted by Gasteiger charge is -2.14. The molecule has 0 aliphatic rings. The van der Waals surface area contributed by atoms with Crippen LogP contribution < -0.4 is 4.74 Å². The molecular weight excluding hydrogens is 274 g/mol. The smallest absolute Gasteiger partial charge is 0.273 e. The van der Waals surface area contributed by atoms with Gasteiger partial charge < -0.3 is 14.4 Å². The molecule has 0 spiro atoms. The molecule has 1 aromatic heterocycles. The van der Waals surface area contributed by atoms with E-state index >= 15 is 0 Å². The molecule has 0 fully saturated rings. The van der Waals surface area contributed by atoms with E-state index in [0.29, 0.717) is 12.3 Å². The molecule has 1 unspecified atom stereocenters. The van der Waals surface area contributed by atoms with Gasteiger partial charge in [-0.3, -0.25) is 10.1 Å². The number of nitro groups is 1. The first-order valence-corrected chi connectivity index (χ1v) is 6.65. The van der Waals surface area contributed by atoms with Crippen LogP contribution >= 0.6 is 0 Å². The third kappa shape index (κ3) is 4.03. The summed E-state index contributed by atoms with van der Waals surface area (Å²) in [5, 5.41) is 20.6. The van der Waals surface area contributed by atoms with Crippen LogP contribution in [0.25, 0.3) is 0 Å². The first kappa shape index (κ1) is 15.0. The normalized spacial score (nSPS) is 12.1. The topological polar surface area (TPSA) is 90.4 Å². The minimum Gasteiger partial charge on any atom is -0.491 e. The SMILES string of the molecule is CCc1nccn1CC(O)COc1cccc([N+](=O)[O-])c1. The Hall–Kier alpha value is -2.41. The molecule has 1 atom stereocenters. The van der Waals surface area contributed by atoms with E-state index in [1.54, 1.807) is 24.5 Å². The van der Waals surface area contributed by atoms with E-state index in [1.165, 1.54) is 12.1 Å². The highest BCUT2D eigenvalue weighted by Gasteiger charge is 2.11. The maximum absolute atomic E-state index is 10.7. The van der Waals surface area contributed by atoms with Gasteiger partial charge in [0.05, 0.1) is 17.5 Å². The molecule has 1 aromatic carbocycles. The zero-order valence-electron chi connectivity index (χ0n) is 11.7. The van der Waals surface area contributed by atoms with Gasteiger partial charge in [-0.1, -0.05) is 13.0 Å². The highest BCUT2D eigenvalue weighted by molar-refractivity contribution is 5.37. The fraction of sp³-hybridized carbons (Fsp3) is 0.357. The number of non-ortho nitro benzene ring substituents is 1. The van der Waals surface area contributed by atoms with Gasteiger partial charge in [0.2, 0.25) is 0 Å².